The summed E-state index contributed by atoms with van der Waals surface area (Å²) < 4.78 is 11.1. The lowest BCUT2D eigenvalue weighted by molar-refractivity contribution is 0.339. The lowest BCUT2D eigenvalue weighted by atomic mass is 10.0. The third-order valence-corrected chi connectivity index (χ3v) is 3.21. The normalized spacial score (nSPS) is 10.5. The third kappa shape index (κ3) is 2.48. The van der Waals surface area contributed by atoms with E-state index in [0.717, 1.165) is 22.4 Å². The van der Waals surface area contributed by atoms with E-state index >= 15 is 0 Å². The quantitative estimate of drug-likeness (QED) is 0.785. The molecule has 0 bridgehead atoms. The molecule has 0 radical (unpaired) electrons. The molecule has 0 amide bonds. The molecule has 0 spiro atoms. The Morgan fingerprint density at radius 3 is 2.52 bits per heavy atom. The van der Waals surface area contributed by atoms with Gasteiger partial charge in [0.1, 0.15) is 5.75 Å². The molecule has 4 nitrogen and oxygen atoms in total. The number of para-hydroxylation sites is 1. The second kappa shape index (κ2) is 5.71. The average Bonchev–Trinajstić information content (AvgIpc) is 2.91. The first-order valence-corrected chi connectivity index (χ1v) is 6.84. The van der Waals surface area contributed by atoms with Gasteiger partial charge in [0, 0.05) is 0 Å². The lowest BCUT2D eigenvalue weighted by Gasteiger charge is -2.09. The molecule has 2 N–H and O–H groups in total. The number of benzene rings is 2. The number of hydrogen-bond acceptors (Lipinski definition) is 4. The summed E-state index contributed by atoms with van der Waals surface area (Å²) in [6, 6.07) is 17.6. The first-order valence-electron chi connectivity index (χ1n) is 6.84. The highest BCUT2D eigenvalue weighted by atomic mass is 16.5. The van der Waals surface area contributed by atoms with Crippen LogP contribution in [0.1, 0.15) is 6.92 Å². The van der Waals surface area contributed by atoms with Gasteiger partial charge in [0.25, 0.3) is 0 Å². The Labute approximate surface area is 123 Å². The maximum atomic E-state index is 5.99. The Bertz CT molecular complexity index is 736. The van der Waals surface area contributed by atoms with Gasteiger partial charge in [-0.2, -0.15) is 0 Å². The summed E-state index contributed by atoms with van der Waals surface area (Å²) in [5, 5.41) is 3.92. The molecule has 4 heteroatoms. The van der Waals surface area contributed by atoms with Gasteiger partial charge >= 0.3 is 0 Å². The van der Waals surface area contributed by atoms with Crippen LogP contribution in [-0.4, -0.2) is 11.8 Å². The summed E-state index contributed by atoms with van der Waals surface area (Å²) in [7, 11) is 0. The maximum absolute atomic E-state index is 5.99. The first kappa shape index (κ1) is 13.2. The highest BCUT2D eigenvalue weighted by Crippen LogP contribution is 2.40. The van der Waals surface area contributed by atoms with Crippen LogP contribution in [0.4, 0.5) is 5.82 Å². The van der Waals surface area contributed by atoms with Gasteiger partial charge in [-0.15, -0.1) is 0 Å². The van der Waals surface area contributed by atoms with Crippen LogP contribution in [0.3, 0.4) is 0 Å². The van der Waals surface area contributed by atoms with Gasteiger partial charge in [0.05, 0.1) is 17.7 Å². The van der Waals surface area contributed by atoms with Gasteiger partial charge in [-0.05, 0) is 24.6 Å². The molecule has 1 aromatic heterocycles. The monoisotopic (exact) mass is 280 g/mol. The van der Waals surface area contributed by atoms with Crippen LogP contribution in [-0.2, 0) is 0 Å². The molecule has 0 aliphatic rings. The molecule has 2 aromatic carbocycles. The summed E-state index contributed by atoms with van der Waals surface area (Å²) >= 11 is 0. The number of nitrogens with two attached hydrogens (primary N) is 1. The zero-order chi connectivity index (χ0) is 14.7. The van der Waals surface area contributed by atoms with Crippen molar-refractivity contribution in [2.75, 3.05) is 12.3 Å². The Morgan fingerprint density at radius 2 is 1.76 bits per heavy atom. The van der Waals surface area contributed by atoms with Crippen molar-refractivity contribution in [1.29, 1.82) is 0 Å². The van der Waals surface area contributed by atoms with Crippen LogP contribution in [0.15, 0.2) is 59.1 Å². The zero-order valence-corrected chi connectivity index (χ0v) is 11.7. The van der Waals surface area contributed by atoms with Gasteiger partial charge < -0.3 is 15.0 Å². The van der Waals surface area contributed by atoms with Crippen molar-refractivity contribution in [1.82, 2.24) is 5.16 Å². The average molecular weight is 280 g/mol. The van der Waals surface area contributed by atoms with Crippen molar-refractivity contribution in [2.45, 2.75) is 6.92 Å². The number of aromatic nitrogens is 1. The van der Waals surface area contributed by atoms with E-state index in [0.29, 0.717) is 18.2 Å². The van der Waals surface area contributed by atoms with Crippen LogP contribution in [0.25, 0.3) is 22.5 Å². The Hall–Kier alpha value is -2.75. The highest BCUT2D eigenvalue weighted by Gasteiger charge is 2.20. The Balaban J connectivity index is 2.17. The van der Waals surface area contributed by atoms with Gasteiger partial charge in [-0.1, -0.05) is 47.6 Å². The minimum atomic E-state index is 0.377. The SMILES string of the molecule is CCOc1ccccc1-c1onc(N)c1-c1ccccc1. The fraction of sp³-hybridized carbons (Fsp3) is 0.118. The molecular formula is C17H16N2O2. The molecule has 0 unspecified atom stereocenters. The van der Waals surface area contributed by atoms with Crippen LogP contribution in [0, 0.1) is 0 Å². The molecule has 0 fully saturated rings. The van der Waals surface area contributed by atoms with Gasteiger partial charge in [-0.3, -0.25) is 0 Å². The predicted octanol–water partition coefficient (Wildman–Crippen LogP) is 3.99. The highest BCUT2D eigenvalue weighted by molar-refractivity contribution is 5.88. The van der Waals surface area contributed by atoms with E-state index in [-0.39, 0.29) is 0 Å². The summed E-state index contributed by atoms with van der Waals surface area (Å²) in [6.07, 6.45) is 0. The number of hydrogen-bond donors (Lipinski definition) is 1. The topological polar surface area (TPSA) is 61.3 Å². The number of anilines is 1. The molecule has 3 rings (SSSR count). The van der Waals surface area contributed by atoms with Crippen LogP contribution in [0.5, 0.6) is 5.75 Å². The van der Waals surface area contributed by atoms with Crippen LogP contribution < -0.4 is 10.5 Å². The van der Waals surface area contributed by atoms with E-state index in [2.05, 4.69) is 5.16 Å². The fourth-order valence-corrected chi connectivity index (χ4v) is 2.31. The van der Waals surface area contributed by atoms with Crippen molar-refractivity contribution < 1.29 is 9.26 Å². The molecule has 21 heavy (non-hydrogen) atoms. The smallest absolute Gasteiger partial charge is 0.180 e. The number of rotatable bonds is 4. The van der Waals surface area contributed by atoms with Gasteiger partial charge in [0.15, 0.2) is 11.6 Å². The molecule has 0 aliphatic carbocycles. The number of ether oxygens (including phenoxy) is 1. The van der Waals surface area contributed by atoms with Gasteiger partial charge in [0.2, 0.25) is 0 Å². The van der Waals surface area contributed by atoms with E-state index in [1.807, 2.05) is 61.5 Å². The first-order chi connectivity index (χ1) is 10.3. The summed E-state index contributed by atoms with van der Waals surface area (Å²) in [5.41, 5.74) is 8.60. The van der Waals surface area contributed by atoms with Crippen molar-refractivity contribution in [3.63, 3.8) is 0 Å². The lowest BCUT2D eigenvalue weighted by Crippen LogP contribution is -1.94. The molecule has 0 atom stereocenters. The molecule has 3 aromatic rings. The van der Waals surface area contributed by atoms with E-state index in [9.17, 15) is 0 Å². The van der Waals surface area contributed by atoms with Crippen molar-refractivity contribution in [3.05, 3.63) is 54.6 Å². The molecule has 0 saturated carbocycles. The zero-order valence-electron chi connectivity index (χ0n) is 11.7. The molecule has 106 valence electrons. The summed E-state index contributed by atoms with van der Waals surface area (Å²) in [5.74, 6) is 1.76. The fourth-order valence-electron chi connectivity index (χ4n) is 2.31. The van der Waals surface area contributed by atoms with E-state index in [1.54, 1.807) is 0 Å². The summed E-state index contributed by atoms with van der Waals surface area (Å²) in [4.78, 5) is 0. The van der Waals surface area contributed by atoms with E-state index < -0.39 is 0 Å². The predicted molar refractivity (Wildman–Crippen MR) is 83.0 cm³/mol. The second-order valence-corrected chi connectivity index (χ2v) is 4.57. The van der Waals surface area contributed by atoms with Crippen molar-refractivity contribution in [2.24, 2.45) is 0 Å². The molecule has 0 saturated heterocycles. The Kier molecular flexibility index (Phi) is 3.60. The molecule has 1 heterocycles. The molecule has 0 aliphatic heterocycles. The van der Waals surface area contributed by atoms with E-state index in [1.165, 1.54) is 0 Å². The van der Waals surface area contributed by atoms with Crippen molar-refractivity contribution in [3.8, 4) is 28.2 Å². The summed E-state index contributed by atoms with van der Waals surface area (Å²) in [6.45, 7) is 2.53. The number of nitrogens with zero attached hydrogens (tertiary/aromatic N) is 1. The maximum Gasteiger partial charge on any atom is 0.180 e. The third-order valence-electron chi connectivity index (χ3n) is 3.21. The van der Waals surface area contributed by atoms with E-state index in [4.69, 9.17) is 15.0 Å². The van der Waals surface area contributed by atoms with Gasteiger partial charge in [-0.25, -0.2) is 0 Å². The van der Waals surface area contributed by atoms with Crippen LogP contribution in [0.2, 0.25) is 0 Å². The van der Waals surface area contributed by atoms with Crippen LogP contribution >= 0.6 is 0 Å². The number of nitrogen functional groups attached to an aromatic ring is 1. The minimum absolute atomic E-state index is 0.377. The van der Waals surface area contributed by atoms with Crippen molar-refractivity contribution >= 4 is 5.82 Å². The minimum Gasteiger partial charge on any atom is -0.493 e. The standard InChI is InChI=1S/C17H16N2O2/c1-2-20-14-11-7-6-10-13(14)16-15(17(18)19-21-16)12-8-4-3-5-9-12/h3-11H,2H2,1H3,(H2,18,19). The largest absolute Gasteiger partial charge is 0.493 e. The molecular weight excluding hydrogens is 264 g/mol. The second-order valence-electron chi connectivity index (χ2n) is 4.57. The Morgan fingerprint density at radius 1 is 1.05 bits per heavy atom.